The van der Waals surface area contributed by atoms with Crippen molar-refractivity contribution in [3.05, 3.63) is 70.8 Å². The van der Waals surface area contributed by atoms with Gasteiger partial charge in [0.15, 0.2) is 0 Å². The van der Waals surface area contributed by atoms with Crippen molar-refractivity contribution in [1.29, 1.82) is 10.5 Å². The van der Waals surface area contributed by atoms with Crippen molar-refractivity contribution in [2.45, 2.75) is 30.9 Å². The molecule has 0 radical (unpaired) electrons. The highest BCUT2D eigenvalue weighted by molar-refractivity contribution is 5.95. The quantitative estimate of drug-likeness (QED) is 0.409. The standard InChI is InChI=1S/C28H20F4N2O3/c29-27(37)15-3-1-13(2-4-15)23-21(11-33)17-9-18-20(10-19(17)25(23)35)26(36)24(22(18)12-34)14-5-7-16(8-6-14)28(30,31)32/h1-8,17-24H,9-10H2. The molecule has 8 unspecified atom stereocenters. The number of alkyl halides is 3. The van der Waals surface area contributed by atoms with Crippen LogP contribution in [-0.4, -0.2) is 17.6 Å². The highest BCUT2D eigenvalue weighted by Crippen LogP contribution is 2.59. The summed E-state index contributed by atoms with van der Waals surface area (Å²) in [5.74, 6) is -5.62. The van der Waals surface area contributed by atoms with Crippen molar-refractivity contribution in [3.63, 3.8) is 0 Å². The predicted molar refractivity (Wildman–Crippen MR) is 120 cm³/mol. The Morgan fingerprint density at radius 3 is 1.57 bits per heavy atom. The summed E-state index contributed by atoms with van der Waals surface area (Å²) in [6.07, 6.45) is -4.04. The van der Waals surface area contributed by atoms with Crippen molar-refractivity contribution in [2.75, 3.05) is 0 Å². The largest absolute Gasteiger partial charge is 0.416 e. The molecule has 0 bridgehead atoms. The van der Waals surface area contributed by atoms with Gasteiger partial charge in [0.25, 0.3) is 0 Å². The van der Waals surface area contributed by atoms with Crippen LogP contribution in [0.1, 0.15) is 51.7 Å². The maximum absolute atomic E-state index is 13.5. The number of benzene rings is 2. The Hall–Kier alpha value is -3.85. The van der Waals surface area contributed by atoms with Crippen LogP contribution in [-0.2, 0) is 15.8 Å². The lowest BCUT2D eigenvalue weighted by Gasteiger charge is -2.35. The Morgan fingerprint density at radius 2 is 1.19 bits per heavy atom. The fourth-order valence-electron chi connectivity index (χ4n) is 6.81. The minimum absolute atomic E-state index is 0.161. The molecule has 5 nitrogen and oxygen atoms in total. The number of nitriles is 2. The molecular formula is C28H20F4N2O3. The molecule has 3 fully saturated rings. The van der Waals surface area contributed by atoms with Gasteiger partial charge in [0, 0.05) is 11.8 Å². The molecule has 5 rings (SSSR count). The summed E-state index contributed by atoms with van der Waals surface area (Å²) in [6.45, 7) is 0. The lowest BCUT2D eigenvalue weighted by Crippen LogP contribution is -2.34. The van der Waals surface area contributed by atoms with Gasteiger partial charge >= 0.3 is 12.2 Å². The SMILES string of the molecule is N#CC1C(c2ccc(C(=O)F)cc2)C(=O)C2CC3C(=O)C(c4ccc(C(F)(F)F)cc4)C(C#N)C3CC21. The maximum Gasteiger partial charge on any atom is 0.416 e. The first-order valence-corrected chi connectivity index (χ1v) is 11.9. The average molecular weight is 508 g/mol. The summed E-state index contributed by atoms with van der Waals surface area (Å²) in [6, 6.07) is 12.5. The first kappa shape index (κ1) is 24.8. The van der Waals surface area contributed by atoms with Crippen LogP contribution in [0.3, 0.4) is 0 Å². The minimum Gasteiger partial charge on any atom is -0.299 e. The van der Waals surface area contributed by atoms with Crippen molar-refractivity contribution in [3.8, 4) is 12.1 Å². The second kappa shape index (κ2) is 8.92. The zero-order valence-electron chi connectivity index (χ0n) is 19.3. The first-order chi connectivity index (χ1) is 17.6. The van der Waals surface area contributed by atoms with Crippen LogP contribution in [0, 0.1) is 58.2 Å². The molecule has 9 heteroatoms. The molecular weight excluding hydrogens is 488 g/mol. The van der Waals surface area contributed by atoms with Crippen molar-refractivity contribution < 1.29 is 31.9 Å². The molecule has 37 heavy (non-hydrogen) atoms. The molecule has 0 aromatic heterocycles. The van der Waals surface area contributed by atoms with Crippen LogP contribution in [0.2, 0.25) is 0 Å². The number of ketones is 2. The zero-order chi connectivity index (χ0) is 26.6. The van der Waals surface area contributed by atoms with Crippen molar-refractivity contribution >= 4 is 17.6 Å². The number of rotatable bonds is 3. The summed E-state index contributed by atoms with van der Waals surface area (Å²) >= 11 is 0. The second-order valence-electron chi connectivity index (χ2n) is 10.1. The molecule has 3 saturated carbocycles. The molecule has 3 aliphatic rings. The maximum atomic E-state index is 13.5. The van der Waals surface area contributed by atoms with E-state index in [4.69, 9.17) is 0 Å². The molecule has 0 aliphatic heterocycles. The van der Waals surface area contributed by atoms with E-state index >= 15 is 0 Å². The number of hydrogen-bond donors (Lipinski definition) is 0. The van der Waals surface area contributed by atoms with Crippen LogP contribution in [0.4, 0.5) is 17.6 Å². The number of halogens is 4. The van der Waals surface area contributed by atoms with E-state index < -0.39 is 59.2 Å². The normalized spacial score (nSPS) is 32.8. The van der Waals surface area contributed by atoms with Crippen LogP contribution in [0.5, 0.6) is 0 Å². The monoisotopic (exact) mass is 508 g/mol. The van der Waals surface area contributed by atoms with Gasteiger partial charge in [-0.3, -0.25) is 14.4 Å². The smallest absolute Gasteiger partial charge is 0.299 e. The van der Waals surface area contributed by atoms with Gasteiger partial charge in [-0.25, -0.2) is 0 Å². The summed E-state index contributed by atoms with van der Waals surface area (Å²) in [5, 5.41) is 20.0. The molecule has 2 aromatic rings. The van der Waals surface area contributed by atoms with E-state index in [2.05, 4.69) is 12.1 Å². The van der Waals surface area contributed by atoms with Gasteiger partial charge in [-0.2, -0.15) is 28.1 Å². The van der Waals surface area contributed by atoms with Gasteiger partial charge in [-0.1, -0.05) is 24.3 Å². The van der Waals surface area contributed by atoms with Gasteiger partial charge in [0.1, 0.15) is 11.6 Å². The van der Waals surface area contributed by atoms with E-state index in [0.29, 0.717) is 17.5 Å². The molecule has 0 amide bonds. The third-order valence-electron chi connectivity index (χ3n) is 8.46. The van der Waals surface area contributed by atoms with Crippen LogP contribution >= 0.6 is 0 Å². The Kier molecular flexibility index (Phi) is 5.98. The van der Waals surface area contributed by atoms with Crippen LogP contribution in [0.15, 0.2) is 48.5 Å². The van der Waals surface area contributed by atoms with Crippen LogP contribution in [0.25, 0.3) is 0 Å². The Labute approximate surface area is 209 Å². The molecule has 8 atom stereocenters. The second-order valence-corrected chi connectivity index (χ2v) is 10.1. The number of carbonyl (C=O) groups is 3. The van der Waals surface area contributed by atoms with Crippen molar-refractivity contribution in [2.24, 2.45) is 35.5 Å². The van der Waals surface area contributed by atoms with Gasteiger partial charge < -0.3 is 0 Å². The first-order valence-electron chi connectivity index (χ1n) is 11.9. The fraction of sp³-hybridized carbons (Fsp3) is 0.393. The summed E-state index contributed by atoms with van der Waals surface area (Å²) in [4.78, 5) is 37.9. The number of carbonyl (C=O) groups excluding carboxylic acids is 3. The van der Waals surface area contributed by atoms with E-state index in [1.807, 2.05) is 0 Å². The van der Waals surface area contributed by atoms with E-state index in [-0.39, 0.29) is 29.5 Å². The fourth-order valence-corrected chi connectivity index (χ4v) is 6.81. The van der Waals surface area contributed by atoms with Gasteiger partial charge in [0.2, 0.25) is 0 Å². The average Bonchev–Trinajstić information content (AvgIpc) is 3.32. The van der Waals surface area contributed by atoms with E-state index in [1.165, 1.54) is 36.4 Å². The van der Waals surface area contributed by atoms with Gasteiger partial charge in [0.05, 0.1) is 46.9 Å². The summed E-state index contributed by atoms with van der Waals surface area (Å²) < 4.78 is 52.0. The molecule has 0 saturated heterocycles. The number of Topliss-reactive ketones (excluding diaryl/α,β-unsaturated/α-hetero) is 2. The van der Waals surface area contributed by atoms with E-state index in [0.717, 1.165) is 12.1 Å². The van der Waals surface area contributed by atoms with Gasteiger partial charge in [-0.05, 0) is 60.1 Å². The Balaban J connectivity index is 1.44. The molecule has 188 valence electrons. The third kappa shape index (κ3) is 3.94. The number of hydrogen-bond acceptors (Lipinski definition) is 5. The lowest BCUT2D eigenvalue weighted by molar-refractivity contribution is -0.137. The summed E-state index contributed by atoms with van der Waals surface area (Å²) in [5.41, 5.74) is -0.175. The lowest BCUT2D eigenvalue weighted by atomic mass is 9.67. The number of fused-ring (bicyclic) bond motifs is 2. The molecule has 0 heterocycles. The van der Waals surface area contributed by atoms with E-state index in [1.54, 1.807) is 0 Å². The molecule has 2 aromatic carbocycles. The highest BCUT2D eigenvalue weighted by atomic mass is 19.4. The zero-order valence-corrected chi connectivity index (χ0v) is 19.3. The molecule has 0 spiro atoms. The Morgan fingerprint density at radius 1 is 0.757 bits per heavy atom. The predicted octanol–water partition coefficient (Wildman–Crippen LogP) is 5.39. The molecule has 3 aliphatic carbocycles. The number of nitrogens with zero attached hydrogens (tertiary/aromatic N) is 2. The third-order valence-corrected chi connectivity index (χ3v) is 8.46. The van der Waals surface area contributed by atoms with Crippen molar-refractivity contribution in [1.82, 2.24) is 0 Å². The topological polar surface area (TPSA) is 98.8 Å². The highest BCUT2D eigenvalue weighted by Gasteiger charge is 2.61. The minimum atomic E-state index is -4.52. The Bertz CT molecular complexity index is 1350. The summed E-state index contributed by atoms with van der Waals surface area (Å²) in [7, 11) is 0. The van der Waals surface area contributed by atoms with Crippen LogP contribution < -0.4 is 0 Å². The molecule has 0 N–H and O–H groups in total. The van der Waals surface area contributed by atoms with E-state index in [9.17, 15) is 42.5 Å². The van der Waals surface area contributed by atoms with Gasteiger partial charge in [-0.15, -0.1) is 0 Å².